The number of hydrogen-bond acceptors (Lipinski definition) is 3. The van der Waals surface area contributed by atoms with Crippen LogP contribution in [0.15, 0.2) is 55.0 Å². The lowest BCUT2D eigenvalue weighted by atomic mass is 10.0. The van der Waals surface area contributed by atoms with E-state index >= 15 is 0 Å². The SMILES string of the molecule is Cc1ccc(Cn2cncc2[C@H](N)Cc2ccccc2)s1. The summed E-state index contributed by atoms with van der Waals surface area (Å²) in [7, 11) is 0. The molecule has 3 rings (SSSR count). The molecule has 0 spiro atoms. The molecule has 108 valence electrons. The Morgan fingerprint density at radius 3 is 2.71 bits per heavy atom. The molecule has 4 heteroatoms. The van der Waals surface area contributed by atoms with E-state index in [2.05, 4.69) is 40.7 Å². The fourth-order valence-electron chi connectivity index (χ4n) is 2.48. The van der Waals surface area contributed by atoms with E-state index in [-0.39, 0.29) is 6.04 Å². The monoisotopic (exact) mass is 297 g/mol. The van der Waals surface area contributed by atoms with E-state index in [1.807, 2.05) is 42.1 Å². The summed E-state index contributed by atoms with van der Waals surface area (Å²) in [6.07, 6.45) is 4.58. The van der Waals surface area contributed by atoms with Gasteiger partial charge in [0, 0.05) is 16.0 Å². The lowest BCUT2D eigenvalue weighted by molar-refractivity contribution is 0.634. The second kappa shape index (κ2) is 6.24. The fraction of sp³-hybridized carbons (Fsp3) is 0.235. The van der Waals surface area contributed by atoms with Gasteiger partial charge in [0.1, 0.15) is 0 Å². The van der Waals surface area contributed by atoms with E-state index in [9.17, 15) is 0 Å². The Morgan fingerprint density at radius 2 is 2.00 bits per heavy atom. The highest BCUT2D eigenvalue weighted by Crippen LogP contribution is 2.20. The van der Waals surface area contributed by atoms with Crippen molar-refractivity contribution in [3.63, 3.8) is 0 Å². The van der Waals surface area contributed by atoms with Gasteiger partial charge in [-0.1, -0.05) is 30.3 Å². The van der Waals surface area contributed by atoms with Crippen molar-refractivity contribution >= 4 is 11.3 Å². The van der Waals surface area contributed by atoms with Gasteiger partial charge in [0.05, 0.1) is 24.6 Å². The molecule has 0 fully saturated rings. The van der Waals surface area contributed by atoms with Gasteiger partial charge in [-0.05, 0) is 31.0 Å². The number of imidazole rings is 1. The molecule has 0 radical (unpaired) electrons. The Labute approximate surface area is 129 Å². The second-order valence-corrected chi connectivity index (χ2v) is 6.63. The quantitative estimate of drug-likeness (QED) is 0.782. The van der Waals surface area contributed by atoms with Crippen molar-refractivity contribution in [3.05, 3.63) is 76.0 Å². The molecule has 1 aromatic carbocycles. The van der Waals surface area contributed by atoms with Crippen LogP contribution in [0.1, 0.15) is 27.1 Å². The third-order valence-electron chi connectivity index (χ3n) is 3.55. The lowest BCUT2D eigenvalue weighted by Gasteiger charge is -2.14. The highest BCUT2D eigenvalue weighted by Gasteiger charge is 2.13. The fourth-order valence-corrected chi connectivity index (χ4v) is 3.37. The number of aryl methyl sites for hydroxylation is 1. The molecule has 0 aliphatic carbocycles. The van der Waals surface area contributed by atoms with Crippen molar-refractivity contribution in [1.82, 2.24) is 9.55 Å². The minimum Gasteiger partial charge on any atom is -0.328 e. The lowest BCUT2D eigenvalue weighted by Crippen LogP contribution is -2.17. The zero-order valence-corrected chi connectivity index (χ0v) is 12.9. The zero-order chi connectivity index (χ0) is 14.7. The molecule has 21 heavy (non-hydrogen) atoms. The maximum Gasteiger partial charge on any atom is 0.0952 e. The van der Waals surface area contributed by atoms with Crippen LogP contribution >= 0.6 is 11.3 Å². The largest absolute Gasteiger partial charge is 0.328 e. The topological polar surface area (TPSA) is 43.8 Å². The first kappa shape index (κ1) is 14.0. The maximum absolute atomic E-state index is 6.37. The van der Waals surface area contributed by atoms with Crippen molar-refractivity contribution in [2.24, 2.45) is 5.73 Å². The van der Waals surface area contributed by atoms with Gasteiger partial charge in [0.15, 0.2) is 0 Å². The van der Waals surface area contributed by atoms with Crippen LogP contribution in [0.3, 0.4) is 0 Å². The van der Waals surface area contributed by atoms with E-state index in [0.717, 1.165) is 18.7 Å². The normalized spacial score (nSPS) is 12.5. The smallest absolute Gasteiger partial charge is 0.0952 e. The Kier molecular flexibility index (Phi) is 4.18. The molecule has 2 aromatic heterocycles. The van der Waals surface area contributed by atoms with Gasteiger partial charge < -0.3 is 10.3 Å². The molecule has 1 atom stereocenters. The van der Waals surface area contributed by atoms with E-state index in [1.54, 1.807) is 0 Å². The van der Waals surface area contributed by atoms with E-state index in [4.69, 9.17) is 5.73 Å². The minimum atomic E-state index is -0.0315. The zero-order valence-electron chi connectivity index (χ0n) is 12.1. The van der Waals surface area contributed by atoms with Crippen molar-refractivity contribution < 1.29 is 0 Å². The van der Waals surface area contributed by atoms with Crippen LogP contribution in [0.5, 0.6) is 0 Å². The summed E-state index contributed by atoms with van der Waals surface area (Å²) in [6, 6.07) is 14.6. The molecule has 2 heterocycles. The van der Waals surface area contributed by atoms with Crippen LogP contribution in [-0.4, -0.2) is 9.55 Å². The number of nitrogens with two attached hydrogens (primary N) is 1. The number of rotatable bonds is 5. The van der Waals surface area contributed by atoms with Crippen LogP contribution in [0.4, 0.5) is 0 Å². The molecule has 0 saturated carbocycles. The Hall–Kier alpha value is -1.91. The van der Waals surface area contributed by atoms with Gasteiger partial charge in [-0.15, -0.1) is 11.3 Å². The maximum atomic E-state index is 6.37. The van der Waals surface area contributed by atoms with Crippen molar-refractivity contribution in [1.29, 1.82) is 0 Å². The molecule has 0 unspecified atom stereocenters. The third kappa shape index (κ3) is 3.40. The van der Waals surface area contributed by atoms with Gasteiger partial charge in [0.2, 0.25) is 0 Å². The van der Waals surface area contributed by atoms with Gasteiger partial charge in [-0.25, -0.2) is 4.98 Å². The summed E-state index contributed by atoms with van der Waals surface area (Å²) < 4.78 is 2.15. The standard InChI is InChI=1S/C17H19N3S/c1-13-7-8-15(21-13)11-20-12-19-10-17(20)16(18)9-14-5-3-2-4-6-14/h2-8,10,12,16H,9,11,18H2,1H3/t16-/m1/s1. The van der Waals surface area contributed by atoms with E-state index < -0.39 is 0 Å². The van der Waals surface area contributed by atoms with Crippen LogP contribution in [0.25, 0.3) is 0 Å². The summed E-state index contributed by atoms with van der Waals surface area (Å²) in [5.41, 5.74) is 8.72. The molecule has 0 amide bonds. The molecule has 0 bridgehead atoms. The van der Waals surface area contributed by atoms with E-state index in [1.165, 1.54) is 15.3 Å². The van der Waals surface area contributed by atoms with Gasteiger partial charge in [0.25, 0.3) is 0 Å². The first-order valence-electron chi connectivity index (χ1n) is 7.07. The Bertz CT molecular complexity index is 700. The number of aromatic nitrogens is 2. The van der Waals surface area contributed by atoms with Crippen LogP contribution in [0, 0.1) is 6.92 Å². The molecule has 2 N–H and O–H groups in total. The Balaban J connectivity index is 1.75. The summed E-state index contributed by atoms with van der Waals surface area (Å²) in [6.45, 7) is 2.97. The van der Waals surface area contributed by atoms with Crippen molar-refractivity contribution in [2.45, 2.75) is 25.9 Å². The van der Waals surface area contributed by atoms with Gasteiger partial charge >= 0.3 is 0 Å². The van der Waals surface area contributed by atoms with Gasteiger partial charge in [-0.3, -0.25) is 0 Å². The second-order valence-electron chi connectivity index (χ2n) is 5.25. The third-order valence-corrected chi connectivity index (χ3v) is 4.53. The minimum absolute atomic E-state index is 0.0315. The molecular weight excluding hydrogens is 278 g/mol. The van der Waals surface area contributed by atoms with Crippen LogP contribution in [0.2, 0.25) is 0 Å². The molecule has 0 saturated heterocycles. The molecule has 0 aliphatic heterocycles. The predicted octanol–water partition coefficient (Wildman–Crippen LogP) is 3.54. The van der Waals surface area contributed by atoms with Crippen LogP contribution < -0.4 is 5.73 Å². The van der Waals surface area contributed by atoms with Crippen molar-refractivity contribution in [3.8, 4) is 0 Å². The summed E-state index contributed by atoms with van der Waals surface area (Å²) >= 11 is 1.82. The van der Waals surface area contributed by atoms with Gasteiger partial charge in [-0.2, -0.15) is 0 Å². The molecule has 3 nitrogen and oxygen atoms in total. The van der Waals surface area contributed by atoms with Crippen molar-refractivity contribution in [2.75, 3.05) is 0 Å². The average molecular weight is 297 g/mol. The number of benzene rings is 1. The first-order chi connectivity index (χ1) is 10.2. The summed E-state index contributed by atoms with van der Waals surface area (Å²) in [5, 5.41) is 0. The Morgan fingerprint density at radius 1 is 1.19 bits per heavy atom. The predicted molar refractivity (Wildman–Crippen MR) is 87.5 cm³/mol. The van der Waals surface area contributed by atoms with Crippen LogP contribution in [-0.2, 0) is 13.0 Å². The molecule has 3 aromatic rings. The molecular formula is C17H19N3S. The number of thiophene rings is 1. The highest BCUT2D eigenvalue weighted by atomic mass is 32.1. The number of nitrogens with zero attached hydrogens (tertiary/aromatic N) is 2. The first-order valence-corrected chi connectivity index (χ1v) is 7.89. The highest BCUT2D eigenvalue weighted by molar-refractivity contribution is 7.11. The summed E-state index contributed by atoms with van der Waals surface area (Å²) in [5.74, 6) is 0. The number of hydrogen-bond donors (Lipinski definition) is 1. The van der Waals surface area contributed by atoms with E-state index in [0.29, 0.717) is 0 Å². The summed E-state index contributed by atoms with van der Waals surface area (Å²) in [4.78, 5) is 6.94. The molecule has 0 aliphatic rings. The average Bonchev–Trinajstić information content (AvgIpc) is 3.10.